The quantitative estimate of drug-likeness (QED) is 0.925. The molecule has 1 saturated heterocycles. The average Bonchev–Trinajstić information content (AvgIpc) is 2.46. The summed E-state index contributed by atoms with van der Waals surface area (Å²) in [5, 5.41) is 3.29. The Labute approximate surface area is 132 Å². The van der Waals surface area contributed by atoms with Crippen LogP contribution in [0.3, 0.4) is 0 Å². The van der Waals surface area contributed by atoms with Gasteiger partial charge in [0.2, 0.25) is 0 Å². The molecule has 1 aromatic carbocycles. The lowest BCUT2D eigenvalue weighted by Crippen LogP contribution is -2.52. The third-order valence-corrected chi connectivity index (χ3v) is 3.72. The van der Waals surface area contributed by atoms with Crippen molar-refractivity contribution >= 4 is 18.3 Å². The summed E-state index contributed by atoms with van der Waals surface area (Å²) in [6, 6.07) is 3.81. The van der Waals surface area contributed by atoms with E-state index in [9.17, 15) is 4.79 Å². The lowest BCUT2D eigenvalue weighted by Gasteiger charge is -2.34. The topological polar surface area (TPSA) is 50.8 Å². The van der Waals surface area contributed by atoms with E-state index in [0.29, 0.717) is 17.1 Å². The van der Waals surface area contributed by atoms with E-state index >= 15 is 0 Å². The zero-order valence-corrected chi connectivity index (χ0v) is 13.8. The highest BCUT2D eigenvalue weighted by molar-refractivity contribution is 5.96. The van der Waals surface area contributed by atoms with Crippen LogP contribution in [0.1, 0.15) is 22.8 Å². The van der Waals surface area contributed by atoms with Crippen molar-refractivity contribution in [2.45, 2.75) is 19.9 Å². The number of nitrogens with zero attached hydrogens (tertiary/aromatic N) is 1. The van der Waals surface area contributed by atoms with Gasteiger partial charge in [0.25, 0.3) is 5.91 Å². The van der Waals surface area contributed by atoms with E-state index < -0.39 is 0 Å². The molecule has 1 atom stereocenters. The number of methoxy groups -OCH3 is 2. The monoisotopic (exact) mass is 314 g/mol. The Kier molecular flexibility index (Phi) is 6.30. The van der Waals surface area contributed by atoms with Gasteiger partial charge in [-0.2, -0.15) is 0 Å². The molecule has 0 radical (unpaired) electrons. The minimum absolute atomic E-state index is 0. The predicted octanol–water partition coefficient (Wildman–Crippen LogP) is 1.87. The molecule has 1 aromatic rings. The number of piperazine rings is 1. The van der Waals surface area contributed by atoms with Crippen LogP contribution in [-0.4, -0.2) is 50.7 Å². The molecule has 1 heterocycles. The fourth-order valence-electron chi connectivity index (χ4n) is 2.51. The Balaban J connectivity index is 0.00000220. The van der Waals surface area contributed by atoms with Gasteiger partial charge in [-0.05, 0) is 31.5 Å². The van der Waals surface area contributed by atoms with Crippen LogP contribution in [0.5, 0.6) is 11.5 Å². The number of halogens is 1. The lowest BCUT2D eigenvalue weighted by atomic mass is 10.0. The fraction of sp³-hybridized carbons (Fsp3) is 0.533. The van der Waals surface area contributed by atoms with Crippen LogP contribution in [0.4, 0.5) is 0 Å². The molecule has 0 spiro atoms. The molecule has 0 bridgehead atoms. The molecule has 0 aliphatic carbocycles. The third kappa shape index (κ3) is 3.60. The standard InChI is InChI=1S/C15H22N2O3.ClH/c1-10-7-13(19-3)14(20-4)8-12(10)15(18)17-6-5-16-9-11(17)2;/h7-8,11,16H,5-6,9H2,1-4H3;1H/t11-;/m1./s1. The second kappa shape index (κ2) is 7.52. The van der Waals surface area contributed by atoms with E-state index in [1.165, 1.54) is 0 Å². The van der Waals surface area contributed by atoms with Crippen molar-refractivity contribution in [2.75, 3.05) is 33.9 Å². The van der Waals surface area contributed by atoms with Gasteiger partial charge in [0, 0.05) is 31.2 Å². The van der Waals surface area contributed by atoms with Gasteiger partial charge in [-0.15, -0.1) is 12.4 Å². The molecule has 1 aliphatic heterocycles. The van der Waals surface area contributed by atoms with Crippen LogP contribution in [0, 0.1) is 6.92 Å². The Hall–Kier alpha value is -1.46. The normalized spacial score (nSPS) is 17.9. The van der Waals surface area contributed by atoms with Crippen molar-refractivity contribution in [3.8, 4) is 11.5 Å². The zero-order chi connectivity index (χ0) is 14.7. The predicted molar refractivity (Wildman–Crippen MR) is 84.9 cm³/mol. The van der Waals surface area contributed by atoms with E-state index in [1.807, 2.05) is 17.9 Å². The van der Waals surface area contributed by atoms with Crippen molar-refractivity contribution < 1.29 is 14.3 Å². The number of amides is 1. The summed E-state index contributed by atoms with van der Waals surface area (Å²) in [6.07, 6.45) is 0. The summed E-state index contributed by atoms with van der Waals surface area (Å²) in [6.45, 7) is 6.37. The Morgan fingerprint density at radius 3 is 2.48 bits per heavy atom. The Morgan fingerprint density at radius 2 is 1.90 bits per heavy atom. The highest BCUT2D eigenvalue weighted by Gasteiger charge is 2.26. The molecule has 0 unspecified atom stereocenters. The van der Waals surface area contributed by atoms with Gasteiger partial charge in [-0.3, -0.25) is 4.79 Å². The van der Waals surface area contributed by atoms with Gasteiger partial charge in [0.1, 0.15) is 0 Å². The smallest absolute Gasteiger partial charge is 0.254 e. The van der Waals surface area contributed by atoms with Gasteiger partial charge >= 0.3 is 0 Å². The first-order chi connectivity index (χ1) is 9.58. The van der Waals surface area contributed by atoms with E-state index in [4.69, 9.17) is 9.47 Å². The zero-order valence-electron chi connectivity index (χ0n) is 12.9. The molecule has 21 heavy (non-hydrogen) atoms. The molecule has 0 saturated carbocycles. The van der Waals surface area contributed by atoms with Crippen LogP contribution in [0.2, 0.25) is 0 Å². The maximum atomic E-state index is 12.7. The number of carbonyl (C=O) groups excluding carboxylic acids is 1. The highest BCUT2D eigenvalue weighted by atomic mass is 35.5. The number of rotatable bonds is 3. The van der Waals surface area contributed by atoms with Crippen molar-refractivity contribution in [1.82, 2.24) is 10.2 Å². The van der Waals surface area contributed by atoms with E-state index in [0.717, 1.165) is 25.2 Å². The van der Waals surface area contributed by atoms with Crippen LogP contribution in [0.25, 0.3) is 0 Å². The SMILES string of the molecule is COc1cc(C)c(C(=O)N2CCNC[C@H]2C)cc1OC.Cl. The Bertz CT molecular complexity index is 508. The van der Waals surface area contributed by atoms with Gasteiger partial charge in [0.15, 0.2) is 11.5 Å². The van der Waals surface area contributed by atoms with Gasteiger partial charge in [-0.25, -0.2) is 0 Å². The molecule has 5 nitrogen and oxygen atoms in total. The number of carbonyl (C=O) groups is 1. The van der Waals surface area contributed by atoms with E-state index in [-0.39, 0.29) is 24.4 Å². The first-order valence-electron chi connectivity index (χ1n) is 6.82. The summed E-state index contributed by atoms with van der Waals surface area (Å²) in [4.78, 5) is 14.6. The number of aryl methyl sites for hydroxylation is 1. The molecule has 1 N–H and O–H groups in total. The van der Waals surface area contributed by atoms with Crippen molar-refractivity contribution in [1.29, 1.82) is 0 Å². The molecule has 0 aromatic heterocycles. The largest absolute Gasteiger partial charge is 0.493 e. The number of hydrogen-bond donors (Lipinski definition) is 1. The average molecular weight is 315 g/mol. The molecule has 118 valence electrons. The van der Waals surface area contributed by atoms with E-state index in [2.05, 4.69) is 12.2 Å². The number of benzene rings is 1. The minimum atomic E-state index is 0. The minimum Gasteiger partial charge on any atom is -0.493 e. The third-order valence-electron chi connectivity index (χ3n) is 3.72. The number of nitrogens with one attached hydrogen (secondary N) is 1. The summed E-state index contributed by atoms with van der Waals surface area (Å²) in [5.41, 5.74) is 1.58. The number of ether oxygens (including phenoxy) is 2. The second-order valence-electron chi connectivity index (χ2n) is 5.07. The fourth-order valence-corrected chi connectivity index (χ4v) is 2.51. The molecule has 6 heteroatoms. The summed E-state index contributed by atoms with van der Waals surface area (Å²) in [5.74, 6) is 1.29. The van der Waals surface area contributed by atoms with Crippen molar-refractivity contribution in [3.05, 3.63) is 23.3 Å². The van der Waals surface area contributed by atoms with E-state index in [1.54, 1.807) is 20.3 Å². The first-order valence-corrected chi connectivity index (χ1v) is 6.82. The summed E-state index contributed by atoms with van der Waals surface area (Å²) in [7, 11) is 3.17. The molecular weight excluding hydrogens is 292 g/mol. The van der Waals surface area contributed by atoms with Gasteiger partial charge in [0.05, 0.1) is 14.2 Å². The van der Waals surface area contributed by atoms with Gasteiger partial charge < -0.3 is 19.7 Å². The molecule has 1 amide bonds. The van der Waals surface area contributed by atoms with Gasteiger partial charge in [-0.1, -0.05) is 0 Å². The first kappa shape index (κ1) is 17.6. The highest BCUT2D eigenvalue weighted by Crippen LogP contribution is 2.31. The van der Waals surface area contributed by atoms with Crippen LogP contribution >= 0.6 is 12.4 Å². The Morgan fingerprint density at radius 1 is 1.29 bits per heavy atom. The van der Waals surface area contributed by atoms with Crippen LogP contribution in [-0.2, 0) is 0 Å². The second-order valence-corrected chi connectivity index (χ2v) is 5.07. The maximum absolute atomic E-state index is 12.7. The van der Waals surface area contributed by atoms with Crippen molar-refractivity contribution in [2.24, 2.45) is 0 Å². The number of hydrogen-bond acceptors (Lipinski definition) is 4. The van der Waals surface area contributed by atoms with Crippen LogP contribution in [0.15, 0.2) is 12.1 Å². The van der Waals surface area contributed by atoms with Crippen molar-refractivity contribution in [3.63, 3.8) is 0 Å². The lowest BCUT2D eigenvalue weighted by molar-refractivity contribution is 0.0654. The maximum Gasteiger partial charge on any atom is 0.254 e. The van der Waals surface area contributed by atoms with Crippen LogP contribution < -0.4 is 14.8 Å². The summed E-state index contributed by atoms with van der Waals surface area (Å²) < 4.78 is 10.5. The molecule has 2 rings (SSSR count). The summed E-state index contributed by atoms with van der Waals surface area (Å²) >= 11 is 0. The molecular formula is C15H23ClN2O3. The molecule has 1 aliphatic rings. The molecule has 1 fully saturated rings.